The predicted molar refractivity (Wildman–Crippen MR) is 88.6 cm³/mol. The van der Waals surface area contributed by atoms with Gasteiger partial charge in [-0.2, -0.15) is 4.68 Å². The smallest absolute Gasteiger partial charge is 0.387 e. The molecule has 3 aromatic rings. The molecule has 0 bridgehead atoms. The van der Waals surface area contributed by atoms with Crippen LogP contribution >= 0.6 is 22.7 Å². The molecule has 10 heteroatoms. The highest BCUT2D eigenvalue weighted by atomic mass is 32.1. The second kappa shape index (κ2) is 7.23. The minimum absolute atomic E-state index is 0.0267. The highest BCUT2D eigenvalue weighted by Gasteiger charge is 2.13. The van der Waals surface area contributed by atoms with Crippen molar-refractivity contribution in [3.63, 3.8) is 0 Å². The molecule has 0 radical (unpaired) electrons. The Morgan fingerprint density at radius 3 is 2.67 bits per heavy atom. The molecule has 24 heavy (non-hydrogen) atoms. The van der Waals surface area contributed by atoms with Crippen molar-refractivity contribution >= 4 is 34.5 Å². The summed E-state index contributed by atoms with van der Waals surface area (Å²) < 4.78 is 6.12. The minimum Gasteiger partial charge on any atom is -0.387 e. The van der Waals surface area contributed by atoms with Crippen LogP contribution in [0.25, 0.3) is 10.8 Å². The zero-order chi connectivity index (χ0) is 16.9. The molecule has 0 unspecified atom stereocenters. The lowest BCUT2D eigenvalue weighted by atomic mass is 10.4. The first kappa shape index (κ1) is 16.1. The number of carbonyl (C=O) groups is 2. The number of nitrogens with zero attached hydrogens (tertiary/aromatic N) is 2. The number of nitrogens with one attached hydrogen (secondary N) is 2. The summed E-state index contributed by atoms with van der Waals surface area (Å²) in [6.07, 6.45) is -0.0267. The summed E-state index contributed by atoms with van der Waals surface area (Å²) in [5.41, 5.74) is 4.60. The maximum absolute atomic E-state index is 11.7. The molecule has 0 aromatic carbocycles. The summed E-state index contributed by atoms with van der Waals surface area (Å²) in [4.78, 5) is 36.4. The van der Waals surface area contributed by atoms with Gasteiger partial charge in [-0.1, -0.05) is 12.1 Å². The van der Waals surface area contributed by atoms with E-state index in [1.165, 1.54) is 22.7 Å². The second-order valence-corrected chi connectivity index (χ2v) is 6.50. The van der Waals surface area contributed by atoms with Crippen LogP contribution in [0.2, 0.25) is 0 Å². The number of hydrogen-bond acceptors (Lipinski definition) is 7. The first-order valence-corrected chi connectivity index (χ1v) is 8.64. The molecule has 2 amide bonds. The summed E-state index contributed by atoms with van der Waals surface area (Å²) in [5, 5.41) is 7.65. The van der Waals surface area contributed by atoms with Gasteiger partial charge in [-0.05, 0) is 22.9 Å². The van der Waals surface area contributed by atoms with Crippen molar-refractivity contribution in [3.8, 4) is 10.8 Å². The number of amides is 2. The van der Waals surface area contributed by atoms with Gasteiger partial charge in [0.1, 0.15) is 0 Å². The van der Waals surface area contributed by atoms with Gasteiger partial charge in [0.25, 0.3) is 11.8 Å². The third kappa shape index (κ3) is 3.78. The molecule has 124 valence electrons. The fourth-order valence-corrected chi connectivity index (χ4v) is 3.08. The van der Waals surface area contributed by atoms with Gasteiger partial charge < -0.3 is 4.42 Å². The first-order valence-electron chi connectivity index (χ1n) is 6.88. The molecule has 0 saturated heterocycles. The molecule has 8 nitrogen and oxygen atoms in total. The van der Waals surface area contributed by atoms with Crippen LogP contribution in [0.5, 0.6) is 0 Å². The Hall–Kier alpha value is -2.72. The highest BCUT2D eigenvalue weighted by Crippen LogP contribution is 2.20. The average molecular weight is 364 g/mol. The van der Waals surface area contributed by atoms with Gasteiger partial charge in [-0.3, -0.25) is 20.4 Å². The molecule has 0 spiro atoms. The fraction of sp³-hybridized carbons (Fsp3) is 0.143. The monoisotopic (exact) mass is 364 g/mol. The molecule has 0 aliphatic heterocycles. The first-order chi connectivity index (χ1) is 11.6. The molecule has 3 aromatic heterocycles. The predicted octanol–water partition coefficient (Wildman–Crippen LogP) is 1.48. The molecular weight excluding hydrogens is 352 g/mol. The topological polar surface area (TPSA) is 106 Å². The highest BCUT2D eigenvalue weighted by molar-refractivity contribution is 7.13. The van der Waals surface area contributed by atoms with Crippen LogP contribution in [-0.4, -0.2) is 21.6 Å². The zero-order valence-corrected chi connectivity index (χ0v) is 13.9. The molecule has 0 atom stereocenters. The number of aryl methyl sites for hydroxylation is 1. The van der Waals surface area contributed by atoms with Crippen LogP contribution in [0.3, 0.4) is 0 Å². The molecule has 3 rings (SSSR count). The lowest BCUT2D eigenvalue weighted by Crippen LogP contribution is -2.41. The Morgan fingerprint density at radius 1 is 1.17 bits per heavy atom. The number of hydrogen-bond donors (Lipinski definition) is 2. The van der Waals surface area contributed by atoms with Crippen molar-refractivity contribution in [2.45, 2.75) is 13.0 Å². The molecule has 0 fully saturated rings. The number of aromatic nitrogens is 2. The maximum Gasteiger partial charge on any atom is 0.437 e. The Morgan fingerprint density at radius 2 is 1.96 bits per heavy atom. The summed E-state index contributed by atoms with van der Waals surface area (Å²) in [6, 6.07) is 6.99. The van der Waals surface area contributed by atoms with Crippen molar-refractivity contribution < 1.29 is 14.0 Å². The quantitative estimate of drug-likeness (QED) is 0.667. The Kier molecular flexibility index (Phi) is 4.87. The summed E-state index contributed by atoms with van der Waals surface area (Å²) in [5.74, 6) is -1.24. The third-order valence-electron chi connectivity index (χ3n) is 2.95. The van der Waals surface area contributed by atoms with E-state index in [1.807, 2.05) is 11.4 Å². The average Bonchev–Trinajstić information content (AvgIpc) is 3.31. The van der Waals surface area contributed by atoms with E-state index >= 15 is 0 Å². The van der Waals surface area contributed by atoms with E-state index in [4.69, 9.17) is 4.42 Å². The number of thiophene rings is 2. The summed E-state index contributed by atoms with van der Waals surface area (Å²) in [7, 11) is 0. The maximum atomic E-state index is 11.7. The van der Waals surface area contributed by atoms with Gasteiger partial charge in [0.2, 0.25) is 5.91 Å². The fourth-order valence-electron chi connectivity index (χ4n) is 1.81. The van der Waals surface area contributed by atoms with Crippen molar-refractivity contribution in [2.75, 3.05) is 0 Å². The largest absolute Gasteiger partial charge is 0.437 e. The lowest BCUT2D eigenvalue weighted by Gasteiger charge is -2.05. The van der Waals surface area contributed by atoms with Gasteiger partial charge in [-0.15, -0.1) is 27.8 Å². The molecule has 2 N–H and O–H groups in total. The van der Waals surface area contributed by atoms with Crippen LogP contribution in [0.15, 0.2) is 44.2 Å². The number of hydrazine groups is 1. The van der Waals surface area contributed by atoms with Crippen molar-refractivity contribution in [1.29, 1.82) is 0 Å². The van der Waals surface area contributed by atoms with Crippen molar-refractivity contribution in [2.24, 2.45) is 0 Å². The van der Waals surface area contributed by atoms with Crippen LogP contribution in [0.4, 0.5) is 0 Å². The zero-order valence-electron chi connectivity index (χ0n) is 12.2. The molecule has 0 aliphatic carbocycles. The standard InChI is InChI=1S/C14H12N4O4S2/c19-11(15-16-12(20)9-3-1-7-23-9)5-6-18-14(21)22-13(17-18)10-4-2-8-24-10/h1-4,7-8H,5-6H2,(H,15,19)(H,16,20). The Bertz CT molecular complexity index is 880. The second-order valence-electron chi connectivity index (χ2n) is 4.60. The van der Waals surface area contributed by atoms with E-state index in [0.29, 0.717) is 4.88 Å². The van der Waals surface area contributed by atoms with Gasteiger partial charge in [-0.25, -0.2) is 4.79 Å². The van der Waals surface area contributed by atoms with E-state index in [1.54, 1.807) is 23.6 Å². The summed E-state index contributed by atoms with van der Waals surface area (Å²) >= 11 is 2.66. The molecule has 3 heterocycles. The van der Waals surface area contributed by atoms with E-state index in [2.05, 4.69) is 16.0 Å². The van der Waals surface area contributed by atoms with Crippen LogP contribution < -0.4 is 16.6 Å². The minimum atomic E-state index is -0.631. The summed E-state index contributed by atoms with van der Waals surface area (Å²) in [6.45, 7) is 0.0500. The molecule has 0 aliphatic rings. The van der Waals surface area contributed by atoms with Crippen molar-refractivity contribution in [3.05, 3.63) is 50.5 Å². The third-order valence-corrected chi connectivity index (χ3v) is 4.68. The van der Waals surface area contributed by atoms with Crippen LogP contribution in [0, 0.1) is 0 Å². The van der Waals surface area contributed by atoms with E-state index < -0.39 is 17.6 Å². The Balaban J connectivity index is 1.51. The Labute approximate surface area is 143 Å². The lowest BCUT2D eigenvalue weighted by molar-refractivity contribution is -0.122. The number of rotatable bonds is 5. The van der Waals surface area contributed by atoms with Gasteiger partial charge in [0.05, 0.1) is 16.3 Å². The van der Waals surface area contributed by atoms with E-state index in [9.17, 15) is 14.4 Å². The van der Waals surface area contributed by atoms with Crippen molar-refractivity contribution in [1.82, 2.24) is 20.6 Å². The van der Waals surface area contributed by atoms with E-state index in [0.717, 1.165) is 9.56 Å². The number of carbonyl (C=O) groups excluding carboxylic acids is 2. The van der Waals surface area contributed by atoms with Gasteiger partial charge in [0.15, 0.2) is 0 Å². The molecular formula is C14H12N4O4S2. The van der Waals surface area contributed by atoms with Crippen LogP contribution in [0.1, 0.15) is 16.1 Å². The van der Waals surface area contributed by atoms with Gasteiger partial charge in [0, 0.05) is 6.42 Å². The normalized spacial score (nSPS) is 10.5. The molecule has 0 saturated carbocycles. The van der Waals surface area contributed by atoms with Crippen LogP contribution in [-0.2, 0) is 11.3 Å². The SMILES string of the molecule is O=C(CCn1nc(-c2cccs2)oc1=O)NNC(=O)c1cccs1. The van der Waals surface area contributed by atoms with E-state index in [-0.39, 0.29) is 18.9 Å². The van der Waals surface area contributed by atoms with Gasteiger partial charge >= 0.3 is 5.76 Å².